The monoisotopic (exact) mass is 375 g/mol. The third kappa shape index (κ3) is 3.52. The van der Waals surface area contributed by atoms with Crippen molar-refractivity contribution in [2.45, 2.75) is 13.8 Å². The lowest BCUT2D eigenvalue weighted by atomic mass is 10.1. The first-order chi connectivity index (χ1) is 13.5. The lowest BCUT2D eigenvalue weighted by Gasteiger charge is -2.36. The van der Waals surface area contributed by atoms with E-state index < -0.39 is 0 Å². The first kappa shape index (κ1) is 18.3. The first-order valence-electron chi connectivity index (χ1n) is 9.61. The molecule has 1 fully saturated rings. The molecule has 0 unspecified atom stereocenters. The number of hydrogen-bond acceptors (Lipinski definition) is 4. The van der Waals surface area contributed by atoms with Crippen LogP contribution in [0.2, 0.25) is 0 Å². The number of ether oxygens (including phenoxy) is 1. The van der Waals surface area contributed by atoms with Crippen LogP contribution in [0, 0.1) is 13.8 Å². The fourth-order valence-electron chi connectivity index (χ4n) is 3.75. The molecule has 28 heavy (non-hydrogen) atoms. The normalized spacial score (nSPS) is 14.4. The summed E-state index contributed by atoms with van der Waals surface area (Å²) in [4.78, 5) is 22.0. The number of pyridine rings is 1. The van der Waals surface area contributed by atoms with E-state index in [9.17, 15) is 4.79 Å². The minimum atomic E-state index is 0.0617. The molecule has 1 amide bonds. The van der Waals surface area contributed by atoms with Crippen LogP contribution in [0.25, 0.3) is 10.9 Å². The van der Waals surface area contributed by atoms with Crippen LogP contribution in [0.3, 0.4) is 0 Å². The van der Waals surface area contributed by atoms with Crippen molar-refractivity contribution in [3.63, 3.8) is 0 Å². The number of aryl methyl sites for hydroxylation is 2. The third-order valence-corrected chi connectivity index (χ3v) is 5.38. The summed E-state index contributed by atoms with van der Waals surface area (Å²) in [5.74, 6) is 0.831. The lowest BCUT2D eigenvalue weighted by molar-refractivity contribution is 0.0745. The molecule has 5 nitrogen and oxygen atoms in total. The predicted octanol–water partition coefficient (Wildman–Crippen LogP) is 3.82. The number of fused-ring (bicyclic) bond motifs is 1. The molecule has 4 rings (SSSR count). The topological polar surface area (TPSA) is 45.7 Å². The number of aromatic nitrogens is 1. The Labute approximate surface area is 165 Å². The van der Waals surface area contributed by atoms with Gasteiger partial charge in [-0.3, -0.25) is 9.78 Å². The summed E-state index contributed by atoms with van der Waals surface area (Å²) in [5, 5.41) is 0.952. The lowest BCUT2D eigenvalue weighted by Crippen LogP contribution is -2.49. The van der Waals surface area contributed by atoms with Crippen molar-refractivity contribution in [1.29, 1.82) is 0 Å². The van der Waals surface area contributed by atoms with E-state index in [0.717, 1.165) is 35.4 Å². The van der Waals surface area contributed by atoms with Gasteiger partial charge in [-0.2, -0.15) is 0 Å². The molecule has 5 heteroatoms. The average Bonchev–Trinajstić information content (AvgIpc) is 2.72. The quantitative estimate of drug-likeness (QED) is 0.698. The molecule has 1 aliphatic heterocycles. The summed E-state index contributed by atoms with van der Waals surface area (Å²) >= 11 is 0. The number of rotatable bonds is 3. The van der Waals surface area contributed by atoms with Crippen LogP contribution >= 0.6 is 0 Å². The van der Waals surface area contributed by atoms with Gasteiger partial charge in [-0.25, -0.2) is 0 Å². The first-order valence-corrected chi connectivity index (χ1v) is 9.61. The number of hydrogen-bond donors (Lipinski definition) is 0. The molecule has 0 aliphatic carbocycles. The number of nitrogens with zero attached hydrogens (tertiary/aromatic N) is 3. The minimum absolute atomic E-state index is 0.0617. The summed E-state index contributed by atoms with van der Waals surface area (Å²) in [6, 6.07) is 16.2. The standard InChI is InChI=1S/C23H25N3O2/c1-16-5-4-6-19(13-16)25-9-11-26(12-10-25)23(27)21-14-18-7-8-20(28-3)15-22(18)24-17(21)2/h4-8,13-15H,9-12H2,1-3H3. The number of benzene rings is 2. The smallest absolute Gasteiger partial charge is 0.255 e. The largest absolute Gasteiger partial charge is 0.497 e. The van der Waals surface area contributed by atoms with Gasteiger partial charge in [0.2, 0.25) is 0 Å². The number of anilines is 1. The van der Waals surface area contributed by atoms with Crippen LogP contribution in [0.1, 0.15) is 21.6 Å². The molecule has 0 N–H and O–H groups in total. The fraction of sp³-hybridized carbons (Fsp3) is 0.304. The summed E-state index contributed by atoms with van der Waals surface area (Å²) in [7, 11) is 1.64. The zero-order valence-electron chi connectivity index (χ0n) is 16.6. The maximum absolute atomic E-state index is 13.1. The van der Waals surface area contributed by atoms with Gasteiger partial charge in [-0.15, -0.1) is 0 Å². The molecular formula is C23H25N3O2. The summed E-state index contributed by atoms with van der Waals surface area (Å²) in [6.07, 6.45) is 0. The Hall–Kier alpha value is -3.08. The van der Waals surface area contributed by atoms with Gasteiger partial charge in [0.1, 0.15) is 5.75 Å². The molecule has 2 heterocycles. The van der Waals surface area contributed by atoms with Gasteiger partial charge in [0, 0.05) is 43.3 Å². The van der Waals surface area contributed by atoms with Crippen molar-refractivity contribution in [3.05, 3.63) is 65.4 Å². The van der Waals surface area contributed by atoms with Gasteiger partial charge < -0.3 is 14.5 Å². The predicted molar refractivity (Wildman–Crippen MR) is 112 cm³/mol. The van der Waals surface area contributed by atoms with Gasteiger partial charge >= 0.3 is 0 Å². The van der Waals surface area contributed by atoms with E-state index in [2.05, 4.69) is 41.1 Å². The molecule has 0 radical (unpaired) electrons. The van der Waals surface area contributed by atoms with E-state index >= 15 is 0 Å². The van der Waals surface area contributed by atoms with E-state index in [1.54, 1.807) is 7.11 Å². The molecular weight excluding hydrogens is 350 g/mol. The zero-order valence-corrected chi connectivity index (χ0v) is 16.6. The highest BCUT2D eigenvalue weighted by atomic mass is 16.5. The van der Waals surface area contributed by atoms with Gasteiger partial charge in [0.25, 0.3) is 5.91 Å². The van der Waals surface area contributed by atoms with Gasteiger partial charge in [0.05, 0.1) is 23.9 Å². The number of carbonyl (C=O) groups excluding carboxylic acids is 1. The third-order valence-electron chi connectivity index (χ3n) is 5.38. The van der Waals surface area contributed by atoms with Crippen molar-refractivity contribution < 1.29 is 9.53 Å². The second-order valence-corrected chi connectivity index (χ2v) is 7.30. The molecule has 1 aromatic heterocycles. The molecule has 144 valence electrons. The summed E-state index contributed by atoms with van der Waals surface area (Å²) < 4.78 is 5.27. The Bertz CT molecular complexity index is 1020. The van der Waals surface area contributed by atoms with Crippen molar-refractivity contribution >= 4 is 22.5 Å². The van der Waals surface area contributed by atoms with Crippen LogP contribution in [0.4, 0.5) is 5.69 Å². The van der Waals surface area contributed by atoms with E-state index in [-0.39, 0.29) is 5.91 Å². The number of carbonyl (C=O) groups is 1. The fourth-order valence-corrected chi connectivity index (χ4v) is 3.75. The van der Waals surface area contributed by atoms with Crippen LogP contribution in [-0.2, 0) is 0 Å². The molecule has 0 atom stereocenters. The van der Waals surface area contributed by atoms with Crippen molar-refractivity contribution in [3.8, 4) is 5.75 Å². The van der Waals surface area contributed by atoms with E-state index in [4.69, 9.17) is 4.74 Å². The molecule has 3 aromatic rings. The zero-order chi connectivity index (χ0) is 19.7. The minimum Gasteiger partial charge on any atom is -0.497 e. The number of methoxy groups -OCH3 is 1. The number of piperazine rings is 1. The Morgan fingerprint density at radius 2 is 1.79 bits per heavy atom. The van der Waals surface area contributed by atoms with Crippen LogP contribution in [0.15, 0.2) is 48.5 Å². The van der Waals surface area contributed by atoms with Crippen molar-refractivity contribution in [1.82, 2.24) is 9.88 Å². The van der Waals surface area contributed by atoms with E-state index in [0.29, 0.717) is 18.7 Å². The molecule has 0 spiro atoms. The maximum Gasteiger partial charge on any atom is 0.255 e. The molecule has 1 saturated heterocycles. The Kier molecular flexibility index (Phi) is 4.90. The van der Waals surface area contributed by atoms with Crippen LogP contribution < -0.4 is 9.64 Å². The highest BCUT2D eigenvalue weighted by Crippen LogP contribution is 2.24. The summed E-state index contributed by atoms with van der Waals surface area (Å²) in [6.45, 7) is 7.11. The van der Waals surface area contributed by atoms with Crippen molar-refractivity contribution in [2.75, 3.05) is 38.2 Å². The highest BCUT2D eigenvalue weighted by Gasteiger charge is 2.24. The molecule has 0 bridgehead atoms. The molecule has 2 aromatic carbocycles. The van der Waals surface area contributed by atoms with Crippen molar-refractivity contribution in [2.24, 2.45) is 0 Å². The van der Waals surface area contributed by atoms with Gasteiger partial charge in [-0.05, 0) is 49.7 Å². The van der Waals surface area contributed by atoms with Crippen LogP contribution in [-0.4, -0.2) is 49.1 Å². The Balaban J connectivity index is 1.51. The second kappa shape index (κ2) is 7.50. The highest BCUT2D eigenvalue weighted by molar-refractivity contribution is 5.99. The van der Waals surface area contributed by atoms with Gasteiger partial charge in [0.15, 0.2) is 0 Å². The SMILES string of the molecule is COc1ccc2cc(C(=O)N3CCN(c4cccc(C)c4)CC3)c(C)nc2c1. The van der Waals surface area contributed by atoms with Gasteiger partial charge in [-0.1, -0.05) is 12.1 Å². The number of amides is 1. The Morgan fingerprint density at radius 3 is 2.50 bits per heavy atom. The molecule has 1 aliphatic rings. The average molecular weight is 375 g/mol. The van der Waals surface area contributed by atoms with E-state index in [1.807, 2.05) is 36.1 Å². The summed E-state index contributed by atoms with van der Waals surface area (Å²) in [5.41, 5.74) is 4.77. The van der Waals surface area contributed by atoms with Crippen LogP contribution in [0.5, 0.6) is 5.75 Å². The maximum atomic E-state index is 13.1. The van der Waals surface area contributed by atoms with E-state index in [1.165, 1.54) is 11.3 Å². The molecule has 0 saturated carbocycles. The second-order valence-electron chi connectivity index (χ2n) is 7.30. The Morgan fingerprint density at radius 1 is 1.00 bits per heavy atom.